The topological polar surface area (TPSA) is 80.6 Å². The lowest BCUT2D eigenvalue weighted by Gasteiger charge is -2.39. The van der Waals surface area contributed by atoms with Gasteiger partial charge in [0.1, 0.15) is 0 Å². The number of amides is 1. The number of carbonyl (C=O) groups is 1. The van der Waals surface area contributed by atoms with Gasteiger partial charge in [-0.05, 0) is 36.1 Å². The Bertz CT molecular complexity index is 1330. The van der Waals surface area contributed by atoms with Gasteiger partial charge in [0.2, 0.25) is 10.0 Å². The van der Waals surface area contributed by atoms with E-state index in [-0.39, 0.29) is 18.1 Å². The fourth-order valence-corrected chi connectivity index (χ4v) is 5.64. The van der Waals surface area contributed by atoms with Gasteiger partial charge in [0.25, 0.3) is 5.91 Å². The monoisotopic (exact) mass is 487 g/mol. The Morgan fingerprint density at radius 3 is 2.70 bits per heavy atom. The van der Waals surface area contributed by atoms with Crippen LogP contribution in [0, 0.1) is 0 Å². The Balaban J connectivity index is 1.37. The van der Waals surface area contributed by atoms with Crippen LogP contribution < -0.4 is 4.72 Å². The predicted octanol–water partition coefficient (Wildman–Crippen LogP) is 3.51. The number of sulfonamides is 1. The van der Waals surface area contributed by atoms with E-state index in [0.717, 1.165) is 30.0 Å². The molecule has 1 amide bonds. The van der Waals surface area contributed by atoms with Gasteiger partial charge in [0, 0.05) is 42.8 Å². The van der Waals surface area contributed by atoms with E-state index in [1.54, 1.807) is 12.3 Å². The molecular formula is C24H26ClN3O4S. The smallest absolute Gasteiger partial charge is 0.256 e. The summed E-state index contributed by atoms with van der Waals surface area (Å²) in [5, 5.41) is 1.38. The van der Waals surface area contributed by atoms with E-state index in [9.17, 15) is 13.2 Å². The molecule has 2 aliphatic rings. The summed E-state index contributed by atoms with van der Waals surface area (Å²) < 4.78 is 33.5. The van der Waals surface area contributed by atoms with E-state index in [4.69, 9.17) is 16.3 Å². The second kappa shape index (κ2) is 8.43. The number of aromatic nitrogens is 1. The van der Waals surface area contributed by atoms with Crippen LogP contribution in [0.1, 0.15) is 34.3 Å². The number of likely N-dealkylation sites (tertiary alicyclic amines) is 1. The largest absolute Gasteiger partial charge is 0.365 e. The molecule has 0 saturated carbocycles. The molecule has 3 heterocycles. The minimum Gasteiger partial charge on any atom is -0.365 e. The molecule has 5 rings (SSSR count). The normalized spacial score (nSPS) is 17.6. The molecule has 174 valence electrons. The van der Waals surface area contributed by atoms with Crippen molar-refractivity contribution in [2.24, 2.45) is 0 Å². The van der Waals surface area contributed by atoms with Gasteiger partial charge >= 0.3 is 0 Å². The molecule has 1 N–H and O–H groups in total. The van der Waals surface area contributed by atoms with E-state index < -0.39 is 10.0 Å². The van der Waals surface area contributed by atoms with Gasteiger partial charge in [0.15, 0.2) is 0 Å². The molecule has 1 aromatic heterocycles. The van der Waals surface area contributed by atoms with Gasteiger partial charge in [-0.3, -0.25) is 4.79 Å². The Hall–Kier alpha value is -2.39. The SMILES string of the molecule is CS(=O)(=O)NCCn1cc(C(=O)N2CCC3(CC2)OCc2ccccc23)c2ccc(Cl)cc21. The number of piperidine rings is 1. The molecule has 0 bridgehead atoms. The average molecular weight is 488 g/mol. The lowest BCUT2D eigenvalue weighted by Crippen LogP contribution is -2.45. The minimum absolute atomic E-state index is 0.0294. The van der Waals surface area contributed by atoms with E-state index in [1.165, 1.54) is 11.1 Å². The minimum atomic E-state index is -3.29. The Morgan fingerprint density at radius 2 is 1.94 bits per heavy atom. The molecular weight excluding hydrogens is 462 g/mol. The number of ether oxygens (including phenoxy) is 1. The molecule has 3 aromatic rings. The third-order valence-electron chi connectivity index (χ3n) is 6.66. The summed E-state index contributed by atoms with van der Waals surface area (Å²) in [5.41, 5.74) is 3.60. The Kier molecular flexibility index (Phi) is 5.73. The van der Waals surface area contributed by atoms with Gasteiger partial charge in [-0.2, -0.15) is 0 Å². The van der Waals surface area contributed by atoms with Crippen molar-refractivity contribution in [3.8, 4) is 0 Å². The maximum atomic E-state index is 13.5. The van der Waals surface area contributed by atoms with Gasteiger partial charge in [-0.1, -0.05) is 41.9 Å². The number of nitrogens with zero attached hydrogens (tertiary/aromatic N) is 2. The molecule has 1 spiro atoms. The number of benzene rings is 2. The maximum Gasteiger partial charge on any atom is 0.256 e. The van der Waals surface area contributed by atoms with Crippen LogP contribution in [0.15, 0.2) is 48.7 Å². The van der Waals surface area contributed by atoms with Crippen molar-refractivity contribution < 1.29 is 17.9 Å². The summed E-state index contributed by atoms with van der Waals surface area (Å²) in [7, 11) is -3.29. The van der Waals surface area contributed by atoms with E-state index >= 15 is 0 Å². The molecule has 33 heavy (non-hydrogen) atoms. The summed E-state index contributed by atoms with van der Waals surface area (Å²) in [6.07, 6.45) is 4.46. The standard InChI is InChI=1S/C24H26ClN3O4S/c1-33(30,31)26-10-13-28-15-20(19-7-6-18(25)14-22(19)28)23(29)27-11-8-24(9-12-27)21-5-3-2-4-17(21)16-32-24/h2-7,14-15,26H,8-13,16H2,1H3. The molecule has 0 atom stereocenters. The molecule has 7 nitrogen and oxygen atoms in total. The van der Waals surface area contributed by atoms with Crippen LogP contribution in [0.25, 0.3) is 10.9 Å². The molecule has 0 radical (unpaired) electrons. The van der Waals surface area contributed by atoms with Gasteiger partial charge in [-0.25, -0.2) is 13.1 Å². The number of hydrogen-bond donors (Lipinski definition) is 1. The number of rotatable bonds is 5. The fourth-order valence-electron chi connectivity index (χ4n) is 5.01. The first-order valence-corrected chi connectivity index (χ1v) is 13.3. The highest BCUT2D eigenvalue weighted by Crippen LogP contribution is 2.44. The molecule has 1 fully saturated rings. The van der Waals surface area contributed by atoms with Crippen LogP contribution in [0.4, 0.5) is 0 Å². The van der Waals surface area contributed by atoms with Crippen molar-refractivity contribution in [1.29, 1.82) is 0 Å². The molecule has 2 aromatic carbocycles. The second-order valence-corrected chi connectivity index (χ2v) is 11.1. The second-order valence-electron chi connectivity index (χ2n) is 8.80. The van der Waals surface area contributed by atoms with Crippen molar-refractivity contribution in [2.75, 3.05) is 25.9 Å². The van der Waals surface area contributed by atoms with Gasteiger partial charge < -0.3 is 14.2 Å². The number of halogens is 1. The number of hydrogen-bond acceptors (Lipinski definition) is 4. The average Bonchev–Trinajstić information content (AvgIpc) is 3.32. The molecule has 0 aliphatic carbocycles. The van der Waals surface area contributed by atoms with Crippen molar-refractivity contribution in [3.05, 3.63) is 70.4 Å². The lowest BCUT2D eigenvalue weighted by molar-refractivity contribution is -0.0741. The zero-order chi connectivity index (χ0) is 23.2. The molecule has 1 saturated heterocycles. The highest BCUT2D eigenvalue weighted by Gasteiger charge is 2.43. The first-order valence-electron chi connectivity index (χ1n) is 11.0. The van der Waals surface area contributed by atoms with Crippen LogP contribution in [-0.4, -0.2) is 49.7 Å². The summed E-state index contributed by atoms with van der Waals surface area (Å²) in [6.45, 7) is 2.47. The summed E-state index contributed by atoms with van der Waals surface area (Å²) in [6, 6.07) is 13.8. The van der Waals surface area contributed by atoms with Crippen molar-refractivity contribution in [1.82, 2.24) is 14.2 Å². The summed E-state index contributed by atoms with van der Waals surface area (Å²) in [4.78, 5) is 15.4. The Labute approximate surface area is 198 Å². The number of nitrogens with one attached hydrogen (secondary N) is 1. The molecule has 0 unspecified atom stereocenters. The Morgan fingerprint density at radius 1 is 1.18 bits per heavy atom. The molecule has 9 heteroatoms. The van der Waals surface area contributed by atoms with E-state index in [2.05, 4.69) is 16.9 Å². The van der Waals surface area contributed by atoms with Gasteiger partial charge in [0.05, 0.1) is 29.5 Å². The van der Waals surface area contributed by atoms with E-state index in [0.29, 0.717) is 36.8 Å². The van der Waals surface area contributed by atoms with Crippen LogP contribution in [0.3, 0.4) is 0 Å². The van der Waals surface area contributed by atoms with Crippen LogP contribution in [0.2, 0.25) is 5.02 Å². The first-order chi connectivity index (χ1) is 15.8. The van der Waals surface area contributed by atoms with Crippen molar-refractivity contribution >= 4 is 38.4 Å². The van der Waals surface area contributed by atoms with Crippen LogP contribution in [0.5, 0.6) is 0 Å². The summed E-state index contributed by atoms with van der Waals surface area (Å²) in [5.74, 6) is -0.0294. The van der Waals surface area contributed by atoms with Crippen LogP contribution in [-0.2, 0) is 33.5 Å². The lowest BCUT2D eigenvalue weighted by atomic mass is 9.83. The number of fused-ring (bicyclic) bond motifs is 3. The highest BCUT2D eigenvalue weighted by atomic mass is 35.5. The third-order valence-corrected chi connectivity index (χ3v) is 7.63. The zero-order valence-corrected chi connectivity index (χ0v) is 20.0. The maximum absolute atomic E-state index is 13.5. The zero-order valence-electron chi connectivity index (χ0n) is 18.4. The van der Waals surface area contributed by atoms with Crippen LogP contribution >= 0.6 is 11.6 Å². The fraction of sp³-hybridized carbons (Fsp3) is 0.375. The summed E-state index contributed by atoms with van der Waals surface area (Å²) >= 11 is 6.21. The molecule has 2 aliphatic heterocycles. The van der Waals surface area contributed by atoms with Crippen molar-refractivity contribution in [3.63, 3.8) is 0 Å². The quantitative estimate of drug-likeness (QED) is 0.597. The third kappa shape index (κ3) is 4.28. The predicted molar refractivity (Wildman–Crippen MR) is 128 cm³/mol. The van der Waals surface area contributed by atoms with E-state index in [1.807, 2.05) is 33.7 Å². The number of carbonyl (C=O) groups excluding carboxylic acids is 1. The first kappa shape index (κ1) is 22.4. The van der Waals surface area contributed by atoms with Crippen molar-refractivity contribution in [2.45, 2.75) is 31.6 Å². The highest BCUT2D eigenvalue weighted by molar-refractivity contribution is 7.88. The van der Waals surface area contributed by atoms with Gasteiger partial charge in [-0.15, -0.1) is 0 Å².